The topological polar surface area (TPSA) is 72.8 Å². The van der Waals surface area contributed by atoms with Gasteiger partial charge in [0.1, 0.15) is 11.3 Å². The van der Waals surface area contributed by atoms with Crippen LogP contribution in [0.3, 0.4) is 0 Å². The molecule has 0 fully saturated rings. The number of rotatable bonds is 4. The minimum absolute atomic E-state index is 0.0134. The van der Waals surface area contributed by atoms with E-state index in [1.165, 1.54) is 19.1 Å². The third-order valence-corrected chi connectivity index (χ3v) is 2.17. The van der Waals surface area contributed by atoms with Crippen molar-refractivity contribution in [2.24, 2.45) is 0 Å². The molecule has 5 heteroatoms. The van der Waals surface area contributed by atoms with Crippen molar-refractivity contribution in [3.8, 4) is 5.75 Å². The molecule has 0 atom stereocenters. The van der Waals surface area contributed by atoms with E-state index in [-0.39, 0.29) is 22.4 Å². The highest BCUT2D eigenvalue weighted by Crippen LogP contribution is 2.25. The Morgan fingerprint density at radius 3 is 2.71 bits per heavy atom. The van der Waals surface area contributed by atoms with Gasteiger partial charge in [0.15, 0.2) is 6.61 Å². The van der Waals surface area contributed by atoms with Crippen LogP contribution in [0.1, 0.15) is 25.6 Å². The summed E-state index contributed by atoms with van der Waals surface area (Å²) in [5.74, 6) is -2.02. The Labute approximate surface area is 103 Å². The number of methoxy groups -OCH3 is 1. The SMILES string of the molecule is [2H]C([2H])([2H])c1ccc(OCC(=O)O)c(C(=O)OC)c1C. The van der Waals surface area contributed by atoms with Gasteiger partial charge in [-0.2, -0.15) is 0 Å². The monoisotopic (exact) mass is 241 g/mol. The summed E-state index contributed by atoms with van der Waals surface area (Å²) >= 11 is 0. The summed E-state index contributed by atoms with van der Waals surface area (Å²) < 4.78 is 31.8. The van der Waals surface area contributed by atoms with Crippen LogP contribution in [0.4, 0.5) is 0 Å². The lowest BCUT2D eigenvalue weighted by Crippen LogP contribution is -2.14. The molecule has 0 saturated carbocycles. The normalized spacial score (nSPS) is 13.2. The molecule has 0 aliphatic rings. The number of aryl methyl sites for hydroxylation is 1. The Hall–Kier alpha value is -2.04. The highest BCUT2D eigenvalue weighted by molar-refractivity contribution is 5.94. The fraction of sp³-hybridized carbons (Fsp3) is 0.333. The molecule has 0 amide bonds. The number of aliphatic carboxylic acids is 1. The molecule has 1 rings (SSSR count). The number of benzene rings is 1. The smallest absolute Gasteiger partial charge is 0.341 e. The molecule has 0 unspecified atom stereocenters. The number of hydrogen-bond donors (Lipinski definition) is 1. The Balaban J connectivity index is 3.36. The first-order valence-electron chi connectivity index (χ1n) is 6.25. The van der Waals surface area contributed by atoms with Gasteiger partial charge in [-0.05, 0) is 31.0 Å². The van der Waals surface area contributed by atoms with Gasteiger partial charge >= 0.3 is 11.9 Å². The molecule has 1 aromatic rings. The van der Waals surface area contributed by atoms with Gasteiger partial charge in [-0.15, -0.1) is 0 Å². The molecule has 0 bridgehead atoms. The maximum absolute atomic E-state index is 11.7. The van der Waals surface area contributed by atoms with E-state index in [4.69, 9.17) is 14.0 Å². The number of carbonyl (C=O) groups is 2. The first-order chi connectivity index (χ1) is 9.18. The van der Waals surface area contributed by atoms with E-state index in [9.17, 15) is 9.59 Å². The van der Waals surface area contributed by atoms with Crippen molar-refractivity contribution in [2.45, 2.75) is 13.8 Å². The molecule has 17 heavy (non-hydrogen) atoms. The molecule has 0 radical (unpaired) electrons. The first kappa shape index (κ1) is 9.04. The van der Waals surface area contributed by atoms with Gasteiger partial charge in [0.2, 0.25) is 0 Å². The van der Waals surface area contributed by atoms with Crippen LogP contribution in [0, 0.1) is 13.8 Å². The molecule has 5 nitrogen and oxygen atoms in total. The Bertz CT molecular complexity index is 537. The second-order valence-corrected chi connectivity index (χ2v) is 3.29. The van der Waals surface area contributed by atoms with Crippen molar-refractivity contribution in [1.82, 2.24) is 0 Å². The van der Waals surface area contributed by atoms with Crippen molar-refractivity contribution in [1.29, 1.82) is 0 Å². The van der Waals surface area contributed by atoms with Crippen LogP contribution in [0.15, 0.2) is 12.1 Å². The summed E-state index contributed by atoms with van der Waals surface area (Å²) in [6, 6.07) is 2.54. The predicted octanol–water partition coefficient (Wildman–Crippen LogP) is 1.55. The van der Waals surface area contributed by atoms with Crippen molar-refractivity contribution >= 4 is 11.9 Å². The number of carbonyl (C=O) groups excluding carboxylic acids is 1. The average molecular weight is 241 g/mol. The standard InChI is InChI=1S/C12H14O5/c1-7-4-5-9(17-6-10(13)14)11(8(7)2)12(15)16-3/h4-5H,6H2,1-3H3,(H,13,14)/i1D3. The van der Waals surface area contributed by atoms with Crippen molar-refractivity contribution in [3.05, 3.63) is 28.8 Å². The van der Waals surface area contributed by atoms with E-state index in [1.807, 2.05) is 0 Å². The zero-order valence-electron chi connectivity index (χ0n) is 12.4. The van der Waals surface area contributed by atoms with Crippen LogP contribution in [0.5, 0.6) is 5.75 Å². The van der Waals surface area contributed by atoms with Gasteiger partial charge in [-0.3, -0.25) is 0 Å². The largest absolute Gasteiger partial charge is 0.481 e. The number of hydrogen-bond acceptors (Lipinski definition) is 4. The fourth-order valence-electron chi connectivity index (χ4n) is 1.30. The van der Waals surface area contributed by atoms with Gasteiger partial charge in [0, 0.05) is 4.11 Å². The van der Waals surface area contributed by atoms with Crippen LogP contribution >= 0.6 is 0 Å². The van der Waals surface area contributed by atoms with Crippen LogP contribution < -0.4 is 4.74 Å². The van der Waals surface area contributed by atoms with E-state index in [2.05, 4.69) is 4.74 Å². The minimum atomic E-state index is -2.39. The molecule has 0 spiro atoms. The van der Waals surface area contributed by atoms with Gasteiger partial charge in [-0.1, -0.05) is 6.07 Å². The summed E-state index contributed by atoms with van der Waals surface area (Å²) in [6.45, 7) is -1.59. The van der Waals surface area contributed by atoms with E-state index in [0.717, 1.165) is 7.11 Å². The second-order valence-electron chi connectivity index (χ2n) is 3.29. The summed E-state index contributed by atoms with van der Waals surface area (Å²) in [5, 5.41) is 8.58. The third kappa shape index (κ3) is 2.96. The molecule has 0 aliphatic heterocycles. The van der Waals surface area contributed by atoms with Crippen LogP contribution in [-0.2, 0) is 9.53 Å². The molecular formula is C12H14O5. The molecule has 0 aliphatic carbocycles. The van der Waals surface area contributed by atoms with Crippen molar-refractivity contribution < 1.29 is 28.3 Å². The molecule has 92 valence electrons. The summed E-state index contributed by atoms with van der Waals surface area (Å²) in [6.07, 6.45) is 0. The Kier molecular flexibility index (Phi) is 2.84. The van der Waals surface area contributed by atoms with Crippen molar-refractivity contribution in [2.75, 3.05) is 13.7 Å². The first-order valence-corrected chi connectivity index (χ1v) is 4.75. The highest BCUT2D eigenvalue weighted by atomic mass is 16.5. The van der Waals surface area contributed by atoms with Crippen LogP contribution in [0.25, 0.3) is 0 Å². The second kappa shape index (κ2) is 5.34. The number of carboxylic acids is 1. The predicted molar refractivity (Wildman–Crippen MR) is 60.4 cm³/mol. The minimum Gasteiger partial charge on any atom is -0.481 e. The van der Waals surface area contributed by atoms with E-state index < -0.39 is 25.4 Å². The van der Waals surface area contributed by atoms with Gasteiger partial charge in [-0.25, -0.2) is 9.59 Å². The Morgan fingerprint density at radius 1 is 1.47 bits per heavy atom. The van der Waals surface area contributed by atoms with Gasteiger partial charge in [0.25, 0.3) is 0 Å². The van der Waals surface area contributed by atoms with Gasteiger partial charge < -0.3 is 14.6 Å². The quantitative estimate of drug-likeness (QED) is 0.810. The number of ether oxygens (including phenoxy) is 2. The zero-order valence-corrected chi connectivity index (χ0v) is 9.44. The summed E-state index contributed by atoms with van der Waals surface area (Å²) in [7, 11) is 1.14. The lowest BCUT2D eigenvalue weighted by atomic mass is 10.0. The van der Waals surface area contributed by atoms with Crippen LogP contribution in [-0.4, -0.2) is 30.8 Å². The van der Waals surface area contributed by atoms with Gasteiger partial charge in [0.05, 0.1) is 7.11 Å². The zero-order chi connectivity index (χ0) is 15.5. The Morgan fingerprint density at radius 2 is 2.18 bits per heavy atom. The number of esters is 1. The molecule has 0 heterocycles. The molecule has 1 N–H and O–H groups in total. The molecular weight excluding hydrogens is 224 g/mol. The lowest BCUT2D eigenvalue weighted by Gasteiger charge is -2.12. The maximum Gasteiger partial charge on any atom is 0.341 e. The van der Waals surface area contributed by atoms with Crippen LogP contribution in [0.2, 0.25) is 0 Å². The maximum atomic E-state index is 11.7. The van der Waals surface area contributed by atoms with E-state index >= 15 is 0 Å². The lowest BCUT2D eigenvalue weighted by molar-refractivity contribution is -0.139. The molecule has 0 saturated heterocycles. The highest BCUT2D eigenvalue weighted by Gasteiger charge is 2.18. The fourth-order valence-corrected chi connectivity index (χ4v) is 1.30. The molecule has 0 aromatic heterocycles. The number of carboxylic acid groups (broad SMARTS) is 1. The third-order valence-electron chi connectivity index (χ3n) is 2.17. The van der Waals surface area contributed by atoms with E-state index in [0.29, 0.717) is 0 Å². The van der Waals surface area contributed by atoms with Crippen molar-refractivity contribution in [3.63, 3.8) is 0 Å². The van der Waals surface area contributed by atoms with E-state index in [1.54, 1.807) is 0 Å². The summed E-state index contributed by atoms with van der Waals surface area (Å²) in [5.41, 5.74) is 0.0858. The average Bonchev–Trinajstić information content (AvgIpc) is 2.33. The molecule has 1 aromatic carbocycles. The summed E-state index contributed by atoms with van der Waals surface area (Å²) in [4.78, 5) is 22.2.